The molecule has 0 aromatic rings. The van der Waals surface area contributed by atoms with Crippen molar-refractivity contribution in [3.05, 3.63) is 0 Å². The van der Waals surface area contributed by atoms with Gasteiger partial charge >= 0.3 is 0 Å². The minimum absolute atomic E-state index is 0.644. The number of hydrogen-bond acceptors (Lipinski definition) is 2. The molecule has 14 heavy (non-hydrogen) atoms. The van der Waals surface area contributed by atoms with Crippen LogP contribution in [0.5, 0.6) is 0 Å². The van der Waals surface area contributed by atoms with Gasteiger partial charge in [-0.1, -0.05) is 51.9 Å². The van der Waals surface area contributed by atoms with Crippen LogP contribution in [0.1, 0.15) is 64.7 Å². The lowest BCUT2D eigenvalue weighted by atomic mass is 10.1. The number of aliphatic hydroxyl groups excluding tert-OH is 1. The highest BCUT2D eigenvalue weighted by Gasteiger charge is 1.99. The van der Waals surface area contributed by atoms with Crippen LogP contribution < -0.4 is 0 Å². The molecule has 0 aliphatic heterocycles. The van der Waals surface area contributed by atoms with Crippen LogP contribution in [0.15, 0.2) is 0 Å². The zero-order valence-electron chi connectivity index (χ0n) is 9.34. The van der Waals surface area contributed by atoms with Crippen LogP contribution >= 0.6 is 0 Å². The van der Waals surface area contributed by atoms with Gasteiger partial charge in [-0.15, -0.1) is 0 Å². The van der Waals surface area contributed by atoms with Crippen molar-refractivity contribution in [1.29, 1.82) is 5.26 Å². The van der Waals surface area contributed by atoms with Crippen molar-refractivity contribution in [2.45, 2.75) is 70.8 Å². The summed E-state index contributed by atoms with van der Waals surface area (Å²) in [6.07, 6.45) is 9.96. The van der Waals surface area contributed by atoms with Gasteiger partial charge < -0.3 is 5.11 Å². The third-order valence-corrected chi connectivity index (χ3v) is 2.48. The maximum atomic E-state index is 8.97. The van der Waals surface area contributed by atoms with Gasteiger partial charge in [0, 0.05) is 0 Å². The van der Waals surface area contributed by atoms with Crippen LogP contribution in [0.4, 0.5) is 0 Å². The van der Waals surface area contributed by atoms with Crippen molar-refractivity contribution in [1.82, 2.24) is 0 Å². The second-order valence-corrected chi connectivity index (χ2v) is 3.91. The monoisotopic (exact) mass is 197 g/mol. The summed E-state index contributed by atoms with van der Waals surface area (Å²) in [7, 11) is 0. The van der Waals surface area contributed by atoms with Crippen LogP contribution in [0.3, 0.4) is 0 Å². The molecular weight excluding hydrogens is 174 g/mol. The van der Waals surface area contributed by atoms with Gasteiger partial charge in [-0.25, -0.2) is 0 Å². The maximum Gasteiger partial charge on any atom is 0.140 e. The standard InChI is InChI=1S/C12H23NO/c1-2-3-4-5-6-7-8-9-10-12(14)11-13/h12,14H,2-10H2,1H3/t12-/m1/s1. The summed E-state index contributed by atoms with van der Waals surface area (Å²) < 4.78 is 0. The number of hydrogen-bond donors (Lipinski definition) is 1. The molecule has 0 amide bonds. The highest BCUT2D eigenvalue weighted by molar-refractivity contribution is 4.81. The predicted molar refractivity (Wildman–Crippen MR) is 58.8 cm³/mol. The Morgan fingerprint density at radius 1 is 1.00 bits per heavy atom. The molecule has 82 valence electrons. The number of nitrogens with zero attached hydrogens (tertiary/aromatic N) is 1. The third kappa shape index (κ3) is 9.54. The Balaban J connectivity index is 2.96. The molecule has 0 spiro atoms. The average Bonchev–Trinajstić information content (AvgIpc) is 2.21. The lowest BCUT2D eigenvalue weighted by molar-refractivity contribution is 0.215. The van der Waals surface area contributed by atoms with Gasteiger partial charge in [-0.3, -0.25) is 0 Å². The fraction of sp³-hybridized carbons (Fsp3) is 0.917. The fourth-order valence-corrected chi connectivity index (χ4v) is 1.54. The Kier molecular flexibility index (Phi) is 10.1. The number of aliphatic hydroxyl groups is 1. The van der Waals surface area contributed by atoms with Crippen LogP contribution in [0.25, 0.3) is 0 Å². The van der Waals surface area contributed by atoms with Crippen LogP contribution in [-0.4, -0.2) is 11.2 Å². The minimum Gasteiger partial charge on any atom is -0.378 e. The third-order valence-electron chi connectivity index (χ3n) is 2.48. The van der Waals surface area contributed by atoms with E-state index < -0.39 is 6.10 Å². The largest absolute Gasteiger partial charge is 0.378 e. The summed E-state index contributed by atoms with van der Waals surface area (Å²) in [6, 6.07) is 1.84. The zero-order valence-corrected chi connectivity index (χ0v) is 9.34. The van der Waals surface area contributed by atoms with E-state index in [1.807, 2.05) is 6.07 Å². The van der Waals surface area contributed by atoms with E-state index in [4.69, 9.17) is 10.4 Å². The molecule has 0 fully saturated rings. The van der Waals surface area contributed by atoms with Gasteiger partial charge in [0.1, 0.15) is 6.10 Å². The van der Waals surface area contributed by atoms with Gasteiger partial charge in [-0.2, -0.15) is 5.26 Å². The van der Waals surface area contributed by atoms with Crippen molar-refractivity contribution >= 4 is 0 Å². The minimum atomic E-state index is -0.741. The van der Waals surface area contributed by atoms with E-state index in [2.05, 4.69) is 6.92 Å². The molecule has 0 unspecified atom stereocenters. The Morgan fingerprint density at radius 3 is 2.00 bits per heavy atom. The number of nitriles is 1. The summed E-state index contributed by atoms with van der Waals surface area (Å²) in [6.45, 7) is 2.23. The summed E-state index contributed by atoms with van der Waals surface area (Å²) in [5.74, 6) is 0. The quantitative estimate of drug-likeness (QED) is 0.455. The molecule has 1 atom stereocenters. The lowest BCUT2D eigenvalue weighted by Crippen LogP contribution is -2.01. The van der Waals surface area contributed by atoms with E-state index in [9.17, 15) is 0 Å². The van der Waals surface area contributed by atoms with Crippen molar-refractivity contribution in [2.75, 3.05) is 0 Å². The number of rotatable bonds is 9. The molecular formula is C12H23NO. The van der Waals surface area contributed by atoms with Crippen molar-refractivity contribution in [3.63, 3.8) is 0 Å². The summed E-state index contributed by atoms with van der Waals surface area (Å²) in [4.78, 5) is 0. The molecule has 0 saturated heterocycles. The molecule has 1 N–H and O–H groups in total. The van der Waals surface area contributed by atoms with Crippen molar-refractivity contribution in [3.8, 4) is 6.07 Å². The van der Waals surface area contributed by atoms with Crippen LogP contribution in [0.2, 0.25) is 0 Å². The molecule has 2 heteroatoms. The van der Waals surface area contributed by atoms with Gasteiger partial charge in [0.2, 0.25) is 0 Å². The molecule has 0 aromatic heterocycles. The van der Waals surface area contributed by atoms with E-state index in [1.54, 1.807) is 0 Å². The summed E-state index contributed by atoms with van der Waals surface area (Å²) in [5, 5.41) is 17.3. The molecule has 0 rings (SSSR count). The molecule has 0 heterocycles. The smallest absolute Gasteiger partial charge is 0.140 e. The lowest BCUT2D eigenvalue weighted by Gasteiger charge is -2.02. The number of unbranched alkanes of at least 4 members (excludes halogenated alkanes) is 7. The highest BCUT2D eigenvalue weighted by atomic mass is 16.3. The van der Waals surface area contributed by atoms with E-state index in [-0.39, 0.29) is 0 Å². The Labute approximate surface area is 87.9 Å². The molecule has 0 bridgehead atoms. The molecule has 0 aliphatic carbocycles. The maximum absolute atomic E-state index is 8.97. The molecule has 0 radical (unpaired) electrons. The second-order valence-electron chi connectivity index (χ2n) is 3.91. The van der Waals surface area contributed by atoms with Gasteiger partial charge in [-0.05, 0) is 12.8 Å². The molecule has 2 nitrogen and oxygen atoms in total. The van der Waals surface area contributed by atoms with E-state index in [1.165, 1.54) is 38.5 Å². The Hall–Kier alpha value is -0.550. The predicted octanol–water partition coefficient (Wildman–Crippen LogP) is 3.40. The fourth-order valence-electron chi connectivity index (χ4n) is 1.54. The van der Waals surface area contributed by atoms with Gasteiger partial charge in [0.25, 0.3) is 0 Å². The molecule has 0 aromatic carbocycles. The average molecular weight is 197 g/mol. The van der Waals surface area contributed by atoms with Crippen molar-refractivity contribution in [2.24, 2.45) is 0 Å². The topological polar surface area (TPSA) is 44.0 Å². The van der Waals surface area contributed by atoms with Gasteiger partial charge in [0.15, 0.2) is 0 Å². The van der Waals surface area contributed by atoms with Crippen LogP contribution in [-0.2, 0) is 0 Å². The molecule has 0 saturated carbocycles. The highest BCUT2D eigenvalue weighted by Crippen LogP contribution is 2.10. The van der Waals surface area contributed by atoms with Gasteiger partial charge in [0.05, 0.1) is 6.07 Å². The first kappa shape index (κ1) is 13.4. The first-order chi connectivity index (χ1) is 6.81. The Bertz CT molecular complexity index is 151. The summed E-state index contributed by atoms with van der Waals surface area (Å²) in [5.41, 5.74) is 0. The molecule has 0 aliphatic rings. The van der Waals surface area contributed by atoms with E-state index >= 15 is 0 Å². The zero-order chi connectivity index (χ0) is 10.6. The van der Waals surface area contributed by atoms with E-state index in [0.29, 0.717) is 6.42 Å². The summed E-state index contributed by atoms with van der Waals surface area (Å²) >= 11 is 0. The SMILES string of the molecule is CCCCCCCCCC[C@@H](O)C#N. The first-order valence-electron chi connectivity index (χ1n) is 5.89. The Morgan fingerprint density at radius 2 is 1.50 bits per heavy atom. The first-order valence-corrected chi connectivity index (χ1v) is 5.89. The van der Waals surface area contributed by atoms with Crippen molar-refractivity contribution < 1.29 is 5.11 Å². The normalized spacial score (nSPS) is 12.4. The van der Waals surface area contributed by atoms with E-state index in [0.717, 1.165) is 12.8 Å². The van der Waals surface area contributed by atoms with Crippen LogP contribution in [0, 0.1) is 11.3 Å². The second kappa shape index (κ2) is 10.5.